The molecule has 0 saturated heterocycles. The summed E-state index contributed by atoms with van der Waals surface area (Å²) in [4.78, 5) is 15.6. The van der Waals surface area contributed by atoms with Gasteiger partial charge in [-0.25, -0.2) is 5.43 Å². The molecule has 0 spiro atoms. The highest BCUT2D eigenvalue weighted by Gasteiger charge is 2.06. The molecule has 1 aromatic carbocycles. The molecule has 0 aliphatic rings. The molecule has 0 saturated carbocycles. The standard InChI is InChI=1S/C15H15N3O3/c1-10-7-11(8-13(21-2)14(10)19)9-17-18-15(20)12-3-5-16-6-4-12/h3-9,19H,1-2H3,(H,18,20). The van der Waals surface area contributed by atoms with E-state index >= 15 is 0 Å². The molecule has 0 fully saturated rings. The molecular weight excluding hydrogens is 270 g/mol. The van der Waals surface area contributed by atoms with Crippen molar-refractivity contribution in [2.75, 3.05) is 7.11 Å². The Bertz CT molecular complexity index is 669. The Kier molecular flexibility index (Phi) is 4.50. The smallest absolute Gasteiger partial charge is 0.271 e. The molecule has 1 heterocycles. The van der Waals surface area contributed by atoms with Gasteiger partial charge < -0.3 is 9.84 Å². The maximum Gasteiger partial charge on any atom is 0.271 e. The average molecular weight is 285 g/mol. The lowest BCUT2D eigenvalue weighted by Crippen LogP contribution is -2.17. The Morgan fingerprint density at radius 1 is 1.38 bits per heavy atom. The van der Waals surface area contributed by atoms with Gasteiger partial charge in [-0.2, -0.15) is 5.10 Å². The summed E-state index contributed by atoms with van der Waals surface area (Å²) in [6, 6.07) is 6.56. The van der Waals surface area contributed by atoms with Crippen LogP contribution in [-0.4, -0.2) is 29.3 Å². The van der Waals surface area contributed by atoms with E-state index in [4.69, 9.17) is 4.74 Å². The molecule has 2 aromatic rings. The Morgan fingerprint density at radius 2 is 2.10 bits per heavy atom. The fraction of sp³-hybridized carbons (Fsp3) is 0.133. The summed E-state index contributed by atoms with van der Waals surface area (Å²) in [6.45, 7) is 1.75. The third-order valence-corrected chi connectivity index (χ3v) is 2.83. The van der Waals surface area contributed by atoms with Crippen LogP contribution < -0.4 is 10.2 Å². The van der Waals surface area contributed by atoms with Crippen LogP contribution in [0.4, 0.5) is 0 Å². The number of methoxy groups -OCH3 is 1. The van der Waals surface area contributed by atoms with Crippen LogP contribution in [0.2, 0.25) is 0 Å². The summed E-state index contributed by atoms with van der Waals surface area (Å²) < 4.78 is 5.06. The van der Waals surface area contributed by atoms with Crippen LogP contribution >= 0.6 is 0 Å². The first kappa shape index (κ1) is 14.5. The topological polar surface area (TPSA) is 83.8 Å². The predicted molar refractivity (Wildman–Crippen MR) is 78.7 cm³/mol. The number of ether oxygens (including phenoxy) is 1. The van der Waals surface area contributed by atoms with Gasteiger partial charge in [-0.05, 0) is 42.3 Å². The second-order valence-corrected chi connectivity index (χ2v) is 4.32. The zero-order valence-corrected chi connectivity index (χ0v) is 11.7. The number of phenols is 1. The van der Waals surface area contributed by atoms with Crippen molar-refractivity contribution in [1.29, 1.82) is 0 Å². The number of nitrogens with one attached hydrogen (secondary N) is 1. The minimum absolute atomic E-state index is 0.0930. The van der Waals surface area contributed by atoms with Crippen LogP contribution in [0.1, 0.15) is 21.5 Å². The van der Waals surface area contributed by atoms with Gasteiger partial charge in [0.05, 0.1) is 13.3 Å². The zero-order valence-electron chi connectivity index (χ0n) is 11.7. The van der Waals surface area contributed by atoms with Gasteiger partial charge in [0, 0.05) is 18.0 Å². The fourth-order valence-corrected chi connectivity index (χ4v) is 1.74. The molecule has 1 aromatic heterocycles. The summed E-state index contributed by atoms with van der Waals surface area (Å²) >= 11 is 0. The normalized spacial score (nSPS) is 10.6. The van der Waals surface area contributed by atoms with Crippen molar-refractivity contribution in [2.24, 2.45) is 5.10 Å². The Balaban J connectivity index is 2.08. The fourth-order valence-electron chi connectivity index (χ4n) is 1.74. The van der Waals surface area contributed by atoms with E-state index in [1.54, 1.807) is 31.2 Å². The molecule has 0 aliphatic carbocycles. The number of carbonyl (C=O) groups excluding carboxylic acids is 1. The number of pyridine rings is 1. The SMILES string of the molecule is COc1cc(C=NNC(=O)c2ccncc2)cc(C)c1O. The quantitative estimate of drug-likeness (QED) is 0.663. The van der Waals surface area contributed by atoms with Crippen LogP contribution in [0.25, 0.3) is 0 Å². The van der Waals surface area contributed by atoms with Crippen molar-refractivity contribution in [3.05, 3.63) is 53.3 Å². The van der Waals surface area contributed by atoms with Crippen LogP contribution in [-0.2, 0) is 0 Å². The number of benzene rings is 1. The van der Waals surface area contributed by atoms with Crippen LogP contribution in [0.15, 0.2) is 41.8 Å². The summed E-state index contributed by atoms with van der Waals surface area (Å²) in [5, 5.41) is 13.6. The molecule has 2 rings (SSSR count). The maximum atomic E-state index is 11.8. The Labute approximate surface area is 122 Å². The van der Waals surface area contributed by atoms with E-state index < -0.39 is 0 Å². The van der Waals surface area contributed by atoms with Crippen LogP contribution in [0.5, 0.6) is 11.5 Å². The highest BCUT2D eigenvalue weighted by molar-refractivity contribution is 5.94. The third-order valence-electron chi connectivity index (χ3n) is 2.83. The van der Waals surface area contributed by atoms with Crippen molar-refractivity contribution in [2.45, 2.75) is 6.92 Å². The minimum atomic E-state index is -0.323. The molecule has 0 aliphatic heterocycles. The summed E-state index contributed by atoms with van der Waals surface area (Å²) in [5.41, 5.74) is 4.26. The second kappa shape index (κ2) is 6.51. The number of amides is 1. The second-order valence-electron chi connectivity index (χ2n) is 4.32. The highest BCUT2D eigenvalue weighted by atomic mass is 16.5. The number of aromatic hydroxyl groups is 1. The van der Waals surface area contributed by atoms with E-state index in [0.29, 0.717) is 22.4 Å². The molecule has 2 N–H and O–H groups in total. The molecule has 6 heteroatoms. The number of hydrogen-bond acceptors (Lipinski definition) is 5. The van der Waals surface area contributed by atoms with Crippen LogP contribution in [0, 0.1) is 6.92 Å². The molecule has 1 amide bonds. The van der Waals surface area contributed by atoms with E-state index in [1.807, 2.05) is 0 Å². The van der Waals surface area contributed by atoms with Gasteiger partial charge in [0.15, 0.2) is 11.5 Å². The van der Waals surface area contributed by atoms with Crippen molar-refractivity contribution >= 4 is 12.1 Å². The van der Waals surface area contributed by atoms with E-state index in [1.165, 1.54) is 25.7 Å². The number of aryl methyl sites for hydroxylation is 1. The Hall–Kier alpha value is -2.89. The van der Waals surface area contributed by atoms with Gasteiger partial charge in [0.2, 0.25) is 0 Å². The highest BCUT2D eigenvalue weighted by Crippen LogP contribution is 2.30. The molecule has 0 unspecified atom stereocenters. The summed E-state index contributed by atoms with van der Waals surface area (Å²) in [5.74, 6) is 0.128. The van der Waals surface area contributed by atoms with Crippen molar-refractivity contribution in [3.63, 3.8) is 0 Å². The van der Waals surface area contributed by atoms with Crippen molar-refractivity contribution < 1.29 is 14.6 Å². The van der Waals surface area contributed by atoms with E-state index in [9.17, 15) is 9.90 Å². The number of phenolic OH excluding ortho intramolecular Hbond substituents is 1. The largest absolute Gasteiger partial charge is 0.504 e. The zero-order chi connectivity index (χ0) is 15.2. The number of carbonyl (C=O) groups is 1. The average Bonchev–Trinajstić information content (AvgIpc) is 2.51. The number of hydrazone groups is 1. The predicted octanol–water partition coefficient (Wildman–Crippen LogP) is 1.87. The van der Waals surface area contributed by atoms with Crippen molar-refractivity contribution in [3.8, 4) is 11.5 Å². The van der Waals surface area contributed by atoms with Gasteiger partial charge >= 0.3 is 0 Å². The number of rotatable bonds is 4. The molecule has 21 heavy (non-hydrogen) atoms. The molecular formula is C15H15N3O3. The summed E-state index contributed by atoms with van der Waals surface area (Å²) in [6.07, 6.45) is 4.55. The van der Waals surface area contributed by atoms with Gasteiger partial charge in [0.1, 0.15) is 0 Å². The van der Waals surface area contributed by atoms with Gasteiger partial charge in [-0.3, -0.25) is 9.78 Å². The monoisotopic (exact) mass is 285 g/mol. The first-order valence-corrected chi connectivity index (χ1v) is 6.23. The number of hydrogen-bond donors (Lipinski definition) is 2. The maximum absolute atomic E-state index is 11.8. The van der Waals surface area contributed by atoms with E-state index in [-0.39, 0.29) is 11.7 Å². The van der Waals surface area contributed by atoms with Gasteiger partial charge in [-0.15, -0.1) is 0 Å². The molecule has 0 atom stereocenters. The molecule has 0 bridgehead atoms. The molecule has 0 radical (unpaired) electrons. The minimum Gasteiger partial charge on any atom is -0.504 e. The lowest BCUT2D eigenvalue weighted by atomic mass is 10.1. The molecule has 108 valence electrons. The van der Waals surface area contributed by atoms with Crippen LogP contribution in [0.3, 0.4) is 0 Å². The lowest BCUT2D eigenvalue weighted by molar-refractivity contribution is 0.0955. The van der Waals surface area contributed by atoms with E-state index in [2.05, 4.69) is 15.5 Å². The van der Waals surface area contributed by atoms with Gasteiger partial charge in [-0.1, -0.05) is 0 Å². The number of nitrogens with zero attached hydrogens (tertiary/aromatic N) is 2. The van der Waals surface area contributed by atoms with Gasteiger partial charge in [0.25, 0.3) is 5.91 Å². The third kappa shape index (κ3) is 3.56. The van der Waals surface area contributed by atoms with Crippen molar-refractivity contribution in [1.82, 2.24) is 10.4 Å². The molecule has 6 nitrogen and oxygen atoms in total. The summed E-state index contributed by atoms with van der Waals surface area (Å²) in [7, 11) is 1.47. The first-order valence-electron chi connectivity index (χ1n) is 6.23. The first-order chi connectivity index (χ1) is 10.1. The van der Waals surface area contributed by atoms with E-state index in [0.717, 1.165) is 0 Å². The lowest BCUT2D eigenvalue weighted by Gasteiger charge is -2.07. The Morgan fingerprint density at radius 3 is 2.76 bits per heavy atom. The number of aromatic nitrogens is 1.